The molecule has 2 amide bonds. The summed E-state index contributed by atoms with van der Waals surface area (Å²) in [6.07, 6.45) is 3.50. The number of hydrogen-bond acceptors (Lipinski definition) is 4. The van der Waals surface area contributed by atoms with Crippen molar-refractivity contribution in [1.29, 1.82) is 0 Å². The predicted molar refractivity (Wildman–Crippen MR) is 86.1 cm³/mol. The van der Waals surface area contributed by atoms with Crippen molar-refractivity contribution < 1.29 is 18.1 Å². The highest BCUT2D eigenvalue weighted by molar-refractivity contribution is 6.62. The lowest BCUT2D eigenvalue weighted by Gasteiger charge is -2.34. The average molecular weight is 321 g/mol. The van der Waals surface area contributed by atoms with Crippen LogP contribution in [-0.4, -0.2) is 41.2 Å². The molecule has 0 aromatic carbocycles. The summed E-state index contributed by atoms with van der Waals surface area (Å²) in [6, 6.07) is -0.507. The minimum atomic E-state index is -2.73. The highest BCUT2D eigenvalue weighted by atomic mass is 28.4. The molecular weight excluding hydrogens is 288 g/mol. The van der Waals surface area contributed by atoms with Crippen LogP contribution in [0.5, 0.6) is 0 Å². The van der Waals surface area contributed by atoms with E-state index < -0.39 is 14.8 Å². The van der Waals surface area contributed by atoms with Gasteiger partial charge in [0.05, 0.1) is 0 Å². The fourth-order valence-electron chi connectivity index (χ4n) is 1.87. The van der Waals surface area contributed by atoms with Gasteiger partial charge in [0.1, 0.15) is 0 Å². The number of nitrogens with two attached hydrogens (primary N) is 1. The number of amides is 2. The second-order valence-electron chi connectivity index (χ2n) is 5.13. The molecule has 1 unspecified atom stereocenters. The van der Waals surface area contributed by atoms with Crippen molar-refractivity contribution in [1.82, 2.24) is 5.32 Å². The van der Waals surface area contributed by atoms with Gasteiger partial charge in [-0.15, -0.1) is 0 Å². The SMILES string of the molecule is CCCO[Si](OCCC)(OCCC)C(C)CCNC(N)=O. The van der Waals surface area contributed by atoms with Gasteiger partial charge in [0.2, 0.25) is 0 Å². The Balaban J connectivity index is 4.77. The molecular formula is C14H32N2O4Si. The number of carbonyl (C=O) groups is 1. The molecule has 0 aliphatic carbocycles. The van der Waals surface area contributed by atoms with Crippen molar-refractivity contribution in [2.45, 2.75) is 58.9 Å². The van der Waals surface area contributed by atoms with Crippen LogP contribution in [0.15, 0.2) is 0 Å². The van der Waals surface area contributed by atoms with E-state index in [1.807, 2.05) is 0 Å². The largest absolute Gasteiger partial charge is 0.504 e. The summed E-state index contributed by atoms with van der Waals surface area (Å²) >= 11 is 0. The Morgan fingerprint density at radius 3 is 1.81 bits per heavy atom. The first kappa shape index (κ1) is 20.4. The molecule has 0 radical (unpaired) electrons. The van der Waals surface area contributed by atoms with Crippen LogP contribution < -0.4 is 11.1 Å². The number of urea groups is 1. The molecule has 21 heavy (non-hydrogen) atoms. The van der Waals surface area contributed by atoms with Gasteiger partial charge in [0.25, 0.3) is 0 Å². The first-order chi connectivity index (χ1) is 10.0. The zero-order valence-corrected chi connectivity index (χ0v) is 14.9. The fourth-order valence-corrected chi connectivity index (χ4v) is 4.94. The highest BCUT2D eigenvalue weighted by Crippen LogP contribution is 2.29. The van der Waals surface area contributed by atoms with Crippen molar-refractivity contribution in [2.24, 2.45) is 5.73 Å². The Bertz CT molecular complexity index is 258. The van der Waals surface area contributed by atoms with E-state index >= 15 is 0 Å². The van der Waals surface area contributed by atoms with Crippen LogP contribution in [0.4, 0.5) is 4.79 Å². The van der Waals surface area contributed by atoms with E-state index in [9.17, 15) is 4.79 Å². The third-order valence-corrected chi connectivity index (χ3v) is 6.32. The third-order valence-electron chi connectivity index (χ3n) is 3.00. The van der Waals surface area contributed by atoms with Crippen LogP contribution in [0.25, 0.3) is 0 Å². The maximum Gasteiger partial charge on any atom is 0.504 e. The van der Waals surface area contributed by atoms with Crippen LogP contribution in [0.3, 0.4) is 0 Å². The summed E-state index contributed by atoms with van der Waals surface area (Å²) in [7, 11) is -2.73. The van der Waals surface area contributed by atoms with Gasteiger partial charge in [-0.1, -0.05) is 27.7 Å². The number of hydrogen-bond donors (Lipinski definition) is 2. The quantitative estimate of drug-likeness (QED) is 0.511. The highest BCUT2D eigenvalue weighted by Gasteiger charge is 2.46. The Labute approximate surface area is 130 Å². The zero-order chi connectivity index (χ0) is 16.1. The van der Waals surface area contributed by atoms with E-state index in [-0.39, 0.29) is 5.54 Å². The Morgan fingerprint density at radius 1 is 1.05 bits per heavy atom. The van der Waals surface area contributed by atoms with Crippen LogP contribution in [0.1, 0.15) is 53.4 Å². The predicted octanol–water partition coefficient (Wildman–Crippen LogP) is 2.65. The van der Waals surface area contributed by atoms with Gasteiger partial charge in [-0.05, 0) is 25.7 Å². The molecule has 1 atom stereocenters. The molecule has 0 aliphatic heterocycles. The number of rotatable bonds is 13. The first-order valence-electron chi connectivity index (χ1n) is 7.97. The van der Waals surface area contributed by atoms with Gasteiger partial charge in [-0.3, -0.25) is 0 Å². The van der Waals surface area contributed by atoms with E-state index in [1.54, 1.807) is 0 Å². The van der Waals surface area contributed by atoms with Crippen LogP contribution >= 0.6 is 0 Å². The van der Waals surface area contributed by atoms with Crippen molar-refractivity contribution >= 4 is 14.8 Å². The van der Waals surface area contributed by atoms with Gasteiger partial charge < -0.3 is 24.3 Å². The summed E-state index contributed by atoms with van der Waals surface area (Å²) in [6.45, 7) is 10.7. The number of carbonyl (C=O) groups excluding carboxylic acids is 1. The minimum absolute atomic E-state index is 0.119. The van der Waals surface area contributed by atoms with Crippen molar-refractivity contribution in [3.8, 4) is 0 Å². The molecule has 7 heteroatoms. The summed E-state index contributed by atoms with van der Waals surface area (Å²) < 4.78 is 18.2. The average Bonchev–Trinajstić information content (AvgIpc) is 2.46. The Kier molecular flexibility index (Phi) is 11.6. The van der Waals surface area contributed by atoms with E-state index in [0.29, 0.717) is 26.4 Å². The lowest BCUT2D eigenvalue weighted by molar-refractivity contribution is 0.0500. The molecule has 0 aromatic heterocycles. The molecule has 0 spiro atoms. The van der Waals surface area contributed by atoms with Crippen LogP contribution in [0, 0.1) is 0 Å². The Morgan fingerprint density at radius 2 is 1.48 bits per heavy atom. The number of nitrogens with one attached hydrogen (secondary N) is 1. The molecule has 0 bridgehead atoms. The summed E-state index contributed by atoms with van der Waals surface area (Å²) in [4.78, 5) is 10.8. The molecule has 6 nitrogen and oxygen atoms in total. The van der Waals surface area contributed by atoms with Crippen molar-refractivity contribution in [3.05, 3.63) is 0 Å². The molecule has 0 fully saturated rings. The third kappa shape index (κ3) is 8.40. The second kappa shape index (κ2) is 12.0. The molecule has 126 valence electrons. The monoisotopic (exact) mass is 320 g/mol. The number of primary amides is 1. The van der Waals surface area contributed by atoms with Gasteiger partial charge >= 0.3 is 14.8 Å². The summed E-state index contributed by atoms with van der Waals surface area (Å²) in [5.41, 5.74) is 5.22. The molecule has 0 heterocycles. The second-order valence-corrected chi connectivity index (χ2v) is 8.19. The summed E-state index contributed by atoms with van der Waals surface area (Å²) in [5, 5.41) is 2.61. The molecule has 0 saturated heterocycles. The first-order valence-corrected chi connectivity index (χ1v) is 9.77. The topological polar surface area (TPSA) is 82.8 Å². The smallest absolute Gasteiger partial charge is 0.373 e. The molecule has 0 rings (SSSR count). The normalized spacial score (nSPS) is 13.1. The van der Waals surface area contributed by atoms with Gasteiger partial charge in [0.15, 0.2) is 0 Å². The van der Waals surface area contributed by atoms with Crippen LogP contribution in [-0.2, 0) is 13.3 Å². The summed E-state index contributed by atoms with van der Waals surface area (Å²) in [5.74, 6) is 0. The minimum Gasteiger partial charge on any atom is -0.373 e. The maximum atomic E-state index is 10.8. The lowest BCUT2D eigenvalue weighted by Crippen LogP contribution is -2.51. The molecule has 0 aromatic rings. The van der Waals surface area contributed by atoms with E-state index in [0.717, 1.165) is 25.7 Å². The van der Waals surface area contributed by atoms with E-state index in [1.165, 1.54) is 0 Å². The standard InChI is InChI=1S/C14H32N2O4Si/c1-5-10-18-21(19-11-6-2,20-12-7-3)13(4)8-9-16-14(15)17/h13H,5-12H2,1-4H3,(H3,15,16,17). The van der Waals surface area contributed by atoms with Crippen molar-refractivity contribution in [2.75, 3.05) is 26.4 Å². The van der Waals surface area contributed by atoms with Crippen LogP contribution in [0.2, 0.25) is 5.54 Å². The molecule has 0 aliphatic rings. The van der Waals surface area contributed by atoms with Gasteiger partial charge in [-0.25, -0.2) is 4.79 Å². The molecule has 0 saturated carbocycles. The fraction of sp³-hybridized carbons (Fsp3) is 0.929. The molecule has 3 N–H and O–H groups in total. The van der Waals surface area contributed by atoms with Crippen molar-refractivity contribution in [3.63, 3.8) is 0 Å². The van der Waals surface area contributed by atoms with E-state index in [4.69, 9.17) is 19.0 Å². The van der Waals surface area contributed by atoms with E-state index in [2.05, 4.69) is 33.0 Å². The van der Waals surface area contributed by atoms with Gasteiger partial charge in [-0.2, -0.15) is 0 Å². The zero-order valence-electron chi connectivity index (χ0n) is 13.9. The van der Waals surface area contributed by atoms with Gasteiger partial charge in [0, 0.05) is 31.9 Å². The lowest BCUT2D eigenvalue weighted by atomic mass is 10.3. The maximum absolute atomic E-state index is 10.8. The Hall–Kier alpha value is -0.633.